The van der Waals surface area contributed by atoms with Crippen molar-refractivity contribution >= 4 is 40.1 Å². The van der Waals surface area contributed by atoms with Gasteiger partial charge in [-0.15, -0.1) is 0 Å². The van der Waals surface area contributed by atoms with E-state index >= 15 is 4.39 Å². The third-order valence-corrected chi connectivity index (χ3v) is 15.3. The van der Waals surface area contributed by atoms with Crippen molar-refractivity contribution in [3.63, 3.8) is 0 Å². The molecule has 3 aromatic rings. The molecule has 2 N–H and O–H groups in total. The van der Waals surface area contributed by atoms with Crippen LogP contribution < -0.4 is 20.4 Å². The first kappa shape index (κ1) is 40.5. The number of ketones is 2. The zero-order valence-corrected chi connectivity index (χ0v) is 34.8. The first-order valence-corrected chi connectivity index (χ1v) is 21.5. The lowest BCUT2D eigenvalue weighted by Gasteiger charge is -2.60. The number of hydrogen-bond acceptors (Lipinski definition) is 11. The number of anilines is 1. The van der Waals surface area contributed by atoms with Crippen molar-refractivity contribution in [2.24, 2.45) is 28.6 Å². The van der Waals surface area contributed by atoms with Crippen molar-refractivity contribution in [1.82, 2.24) is 9.88 Å². The summed E-state index contributed by atoms with van der Waals surface area (Å²) in [4.78, 5) is 71.4. The highest BCUT2D eigenvalue weighted by Crippen LogP contribution is 2.68. The van der Waals surface area contributed by atoms with Gasteiger partial charge in [-0.1, -0.05) is 37.6 Å². The molecule has 1 saturated heterocycles. The van der Waals surface area contributed by atoms with Gasteiger partial charge in [-0.3, -0.25) is 14.4 Å². The number of aliphatic hydroxyl groups excluding tert-OH is 1. The van der Waals surface area contributed by atoms with Crippen molar-refractivity contribution in [3.05, 3.63) is 81.4 Å². The number of nitrogens with one attached hydrogen (secondary N) is 1. The molecule has 6 aliphatic rings. The van der Waals surface area contributed by atoms with Crippen LogP contribution in [0.1, 0.15) is 105 Å². The zero-order valence-electron chi connectivity index (χ0n) is 34.8. The zero-order chi connectivity index (χ0) is 42.3. The van der Waals surface area contributed by atoms with Crippen LogP contribution in [0.25, 0.3) is 10.9 Å². The molecule has 0 radical (unpaired) electrons. The number of carbonyl (C=O) groups is 4. The number of allylic oxidation sites excluding steroid dienone is 1. The van der Waals surface area contributed by atoms with E-state index in [2.05, 4.69) is 12.2 Å². The summed E-state index contributed by atoms with van der Waals surface area (Å²) in [6.45, 7) is 7.00. The maximum Gasteiger partial charge on any atom is 0.344 e. The second-order valence-electron chi connectivity index (χ2n) is 18.6. The fourth-order valence-corrected chi connectivity index (χ4v) is 12.3. The summed E-state index contributed by atoms with van der Waals surface area (Å²) in [6.07, 6.45) is 7.27. The SMILES string of the molecule is COc1c(N2CCNC(C)C2)c(F)cc2c(=O)c(C(=O)OCC(=O)[C@]3(OC(=O)c4ccccc4)CC[C@@H]4[C@H]5CCC6=CC(=O)CC[C@@]6(C)C5[C@H](O)C[C@]43C)cn(C3CC3)c12. The van der Waals surface area contributed by atoms with E-state index in [1.54, 1.807) is 41.0 Å². The molecule has 1 aliphatic heterocycles. The number of benzene rings is 2. The molecule has 1 aromatic heterocycles. The monoisotopic (exact) mass is 823 g/mol. The number of ether oxygens (including phenoxy) is 3. The fraction of sp³-hybridized carbons (Fsp3) is 0.553. The van der Waals surface area contributed by atoms with Gasteiger partial charge in [0.05, 0.1) is 29.7 Å². The quantitative estimate of drug-likeness (QED) is 0.241. The highest BCUT2D eigenvalue weighted by molar-refractivity contribution is 6.00. The first-order chi connectivity index (χ1) is 28.7. The number of esters is 2. The van der Waals surface area contributed by atoms with Crippen LogP contribution in [0.2, 0.25) is 0 Å². The van der Waals surface area contributed by atoms with Gasteiger partial charge in [-0.2, -0.15) is 0 Å². The number of carbonyl (C=O) groups excluding carboxylic acids is 4. The summed E-state index contributed by atoms with van der Waals surface area (Å²) in [5.74, 6) is -2.96. The van der Waals surface area contributed by atoms with E-state index in [0.717, 1.165) is 30.9 Å². The second-order valence-corrected chi connectivity index (χ2v) is 18.6. The van der Waals surface area contributed by atoms with Gasteiger partial charge in [-0.05, 0) is 106 Å². The van der Waals surface area contributed by atoms with Gasteiger partial charge >= 0.3 is 11.9 Å². The third kappa shape index (κ3) is 6.32. The Labute approximate surface area is 348 Å². The number of pyridine rings is 1. The largest absolute Gasteiger partial charge is 0.492 e. The van der Waals surface area contributed by atoms with Crippen LogP contribution in [0, 0.1) is 34.4 Å². The van der Waals surface area contributed by atoms with Gasteiger partial charge in [0.25, 0.3) is 0 Å². The van der Waals surface area contributed by atoms with Crippen molar-refractivity contribution in [2.45, 2.75) is 102 Å². The van der Waals surface area contributed by atoms with E-state index < -0.39 is 52.7 Å². The highest BCUT2D eigenvalue weighted by Gasteiger charge is 2.70. The van der Waals surface area contributed by atoms with E-state index in [0.29, 0.717) is 50.8 Å². The third-order valence-electron chi connectivity index (χ3n) is 15.3. The molecule has 13 heteroatoms. The molecule has 12 nitrogen and oxygen atoms in total. The molecule has 0 amide bonds. The van der Waals surface area contributed by atoms with Gasteiger partial charge in [0, 0.05) is 49.8 Å². The number of Topliss-reactive ketones (excluding diaryl/α,β-unsaturated/α-hetero) is 1. The van der Waals surface area contributed by atoms with Crippen molar-refractivity contribution in [3.8, 4) is 5.75 Å². The summed E-state index contributed by atoms with van der Waals surface area (Å²) in [5, 5.41) is 15.5. The summed E-state index contributed by atoms with van der Waals surface area (Å²) >= 11 is 0. The van der Waals surface area contributed by atoms with Gasteiger partial charge in [0.1, 0.15) is 11.3 Å². The fourth-order valence-electron chi connectivity index (χ4n) is 12.3. The Hall–Kier alpha value is -4.88. The lowest BCUT2D eigenvalue weighted by atomic mass is 9.45. The number of aliphatic hydroxyl groups is 1. The van der Waals surface area contributed by atoms with Crippen LogP contribution in [0.5, 0.6) is 5.75 Å². The Bertz CT molecular complexity index is 2380. The van der Waals surface area contributed by atoms with E-state index in [-0.39, 0.29) is 81.8 Å². The minimum Gasteiger partial charge on any atom is -0.492 e. The van der Waals surface area contributed by atoms with E-state index in [9.17, 15) is 29.1 Å². The number of hydrogen-bond donors (Lipinski definition) is 2. The number of fused-ring (bicyclic) bond motifs is 6. The highest BCUT2D eigenvalue weighted by atomic mass is 19.1. The molecule has 2 unspecified atom stereocenters. The number of halogens is 1. The molecule has 0 spiro atoms. The van der Waals surface area contributed by atoms with Crippen molar-refractivity contribution in [1.29, 1.82) is 0 Å². The van der Waals surface area contributed by atoms with Gasteiger partial charge in [0.15, 0.2) is 29.6 Å². The Morgan fingerprint density at radius 1 is 1.02 bits per heavy atom. The number of piperazine rings is 1. The predicted molar refractivity (Wildman–Crippen MR) is 221 cm³/mol. The average molecular weight is 824 g/mol. The first-order valence-electron chi connectivity index (χ1n) is 21.5. The van der Waals surface area contributed by atoms with Gasteiger partial charge in [-0.25, -0.2) is 14.0 Å². The molecular weight excluding hydrogens is 770 g/mol. The standard InChI is InChI=1S/C47H54FN3O9/c1-26-23-50(19-18-49-26)40-35(48)21-32-39(42(40)58-4)51(29-11-12-29)24-33(41(32)55)44(57)59-25-37(54)47(60-43(56)27-8-6-5-7-9-27)17-15-34-31-13-10-28-20-30(52)14-16-45(28,2)38(31)36(53)22-46(34,47)3/h5-9,20-21,24,26,29,31,34,36,38,49,53H,10-19,22-23,25H2,1-4H3/t26?,31-,34-,36-,38?,45-,46-,47-/m1/s1. The predicted octanol–water partition coefficient (Wildman–Crippen LogP) is 6.11. The molecular formula is C47H54FN3O9. The number of methoxy groups -OCH3 is 1. The maximum absolute atomic E-state index is 16.1. The summed E-state index contributed by atoms with van der Waals surface area (Å²) in [7, 11) is 1.44. The van der Waals surface area contributed by atoms with Crippen LogP contribution in [0.4, 0.5) is 10.1 Å². The molecule has 8 atom stereocenters. The Balaban J connectivity index is 1.05. The second kappa shape index (κ2) is 14.9. The Kier molecular flexibility index (Phi) is 10.1. The minimum absolute atomic E-state index is 0.00636. The van der Waals surface area contributed by atoms with E-state index in [1.165, 1.54) is 13.3 Å². The van der Waals surface area contributed by atoms with Crippen LogP contribution >= 0.6 is 0 Å². The number of nitrogens with zero attached hydrogens (tertiary/aromatic N) is 2. The lowest BCUT2D eigenvalue weighted by molar-refractivity contribution is -0.183. The molecule has 9 rings (SSSR count). The molecule has 60 heavy (non-hydrogen) atoms. The molecule has 4 saturated carbocycles. The normalized spacial score (nSPS) is 32.4. The van der Waals surface area contributed by atoms with Crippen LogP contribution in [0.15, 0.2) is 59.0 Å². The molecule has 0 bridgehead atoms. The maximum atomic E-state index is 16.1. The van der Waals surface area contributed by atoms with Crippen molar-refractivity contribution < 1.29 is 42.9 Å². The smallest absolute Gasteiger partial charge is 0.344 e. The molecule has 5 fully saturated rings. The van der Waals surface area contributed by atoms with Crippen LogP contribution in [-0.4, -0.2) is 84.3 Å². The Morgan fingerprint density at radius 3 is 2.50 bits per heavy atom. The summed E-state index contributed by atoms with van der Waals surface area (Å²) in [6, 6.07) is 9.61. The summed E-state index contributed by atoms with van der Waals surface area (Å²) < 4.78 is 35.9. The Morgan fingerprint density at radius 2 is 1.78 bits per heavy atom. The molecule has 5 aliphatic carbocycles. The lowest BCUT2D eigenvalue weighted by Crippen LogP contribution is -2.63. The van der Waals surface area contributed by atoms with Gasteiger partial charge < -0.3 is 34.1 Å². The number of rotatable bonds is 9. The topological polar surface area (TPSA) is 153 Å². The van der Waals surface area contributed by atoms with Crippen LogP contribution in [-0.2, 0) is 19.1 Å². The van der Waals surface area contributed by atoms with E-state index in [4.69, 9.17) is 14.2 Å². The minimum atomic E-state index is -1.76. The van der Waals surface area contributed by atoms with Crippen LogP contribution in [0.3, 0.4) is 0 Å². The van der Waals surface area contributed by atoms with Gasteiger partial charge in [0.2, 0.25) is 11.2 Å². The van der Waals surface area contributed by atoms with E-state index in [1.807, 2.05) is 18.7 Å². The number of aromatic nitrogens is 1. The molecule has 318 valence electrons. The average Bonchev–Trinajstić information content (AvgIpc) is 4.03. The molecule has 2 heterocycles. The van der Waals surface area contributed by atoms with Crippen molar-refractivity contribution in [2.75, 3.05) is 38.3 Å². The summed E-state index contributed by atoms with van der Waals surface area (Å²) in [5.41, 5.74) is -2.27. The molecule has 2 aromatic carbocycles.